The molecule has 4 heteroatoms. The molecule has 13 heavy (non-hydrogen) atoms. The van der Waals surface area contributed by atoms with Crippen LogP contribution in [0.5, 0.6) is 5.75 Å². The topological polar surface area (TPSA) is 31.4 Å². The summed E-state index contributed by atoms with van der Waals surface area (Å²) in [6.45, 7) is 1.41. The predicted octanol–water partition coefficient (Wildman–Crippen LogP) is 1.90. The lowest BCUT2D eigenvalue weighted by Gasteiger charge is -2.11. The fourth-order valence-corrected chi connectivity index (χ4v) is 1.41. The van der Waals surface area contributed by atoms with E-state index in [9.17, 15) is 0 Å². The van der Waals surface area contributed by atoms with E-state index in [0.29, 0.717) is 17.5 Å². The van der Waals surface area contributed by atoms with Crippen LogP contribution in [0.2, 0.25) is 5.15 Å². The molecule has 0 aromatic carbocycles. The first-order valence-corrected chi connectivity index (χ1v) is 4.59. The van der Waals surface area contributed by atoms with Crippen LogP contribution in [0.1, 0.15) is 6.42 Å². The number of ether oxygens (including phenoxy) is 2. The molecular weight excluding hydrogens is 190 g/mol. The minimum Gasteiger partial charge on any atom is -0.485 e. The molecule has 1 aromatic rings. The number of halogens is 1. The summed E-state index contributed by atoms with van der Waals surface area (Å²) in [6.07, 6.45) is 2.69. The first-order chi connectivity index (χ1) is 6.36. The van der Waals surface area contributed by atoms with Crippen molar-refractivity contribution in [2.75, 3.05) is 13.2 Å². The van der Waals surface area contributed by atoms with Gasteiger partial charge < -0.3 is 9.47 Å². The summed E-state index contributed by atoms with van der Waals surface area (Å²) < 4.78 is 10.8. The Bertz CT molecular complexity index is 287. The molecule has 0 saturated carbocycles. The van der Waals surface area contributed by atoms with Crippen LogP contribution >= 0.6 is 11.6 Å². The molecule has 0 radical (unpaired) electrons. The Labute approximate surface area is 81.6 Å². The molecule has 0 aliphatic carbocycles. The number of hydrogen-bond acceptors (Lipinski definition) is 3. The van der Waals surface area contributed by atoms with Crippen LogP contribution < -0.4 is 4.74 Å². The second-order valence-electron chi connectivity index (χ2n) is 2.90. The van der Waals surface area contributed by atoms with Gasteiger partial charge in [-0.2, -0.15) is 0 Å². The van der Waals surface area contributed by atoms with E-state index < -0.39 is 0 Å². The van der Waals surface area contributed by atoms with Gasteiger partial charge in [-0.3, -0.25) is 0 Å². The van der Waals surface area contributed by atoms with Crippen LogP contribution in [0.25, 0.3) is 0 Å². The van der Waals surface area contributed by atoms with Gasteiger partial charge in [0.15, 0.2) is 10.9 Å². The summed E-state index contributed by atoms with van der Waals surface area (Å²) >= 11 is 5.83. The van der Waals surface area contributed by atoms with Crippen LogP contribution in [0.4, 0.5) is 0 Å². The van der Waals surface area contributed by atoms with Crippen molar-refractivity contribution in [1.82, 2.24) is 4.98 Å². The number of rotatable bonds is 2. The molecule has 0 N–H and O–H groups in total. The van der Waals surface area contributed by atoms with Gasteiger partial charge in [0.1, 0.15) is 6.10 Å². The molecule has 1 aliphatic heterocycles. The van der Waals surface area contributed by atoms with Gasteiger partial charge in [0, 0.05) is 12.6 Å². The fraction of sp³-hybridized carbons (Fsp3) is 0.444. The maximum atomic E-state index is 5.83. The number of pyridine rings is 1. The largest absolute Gasteiger partial charge is 0.485 e. The standard InChI is InChI=1S/C9H10ClNO2/c10-9-8(2-1-4-11-9)13-7-3-5-12-6-7/h1-2,4,7H,3,5-6H2/t7-/m0/s1. The lowest BCUT2D eigenvalue weighted by Crippen LogP contribution is -2.15. The van der Waals surface area contributed by atoms with Crippen LogP contribution in [-0.2, 0) is 4.74 Å². The van der Waals surface area contributed by atoms with Gasteiger partial charge in [0.2, 0.25) is 0 Å². The van der Waals surface area contributed by atoms with Crippen LogP contribution in [0, 0.1) is 0 Å². The minimum atomic E-state index is 0.127. The van der Waals surface area contributed by atoms with E-state index in [1.54, 1.807) is 12.3 Å². The summed E-state index contributed by atoms with van der Waals surface area (Å²) in [5.41, 5.74) is 0. The van der Waals surface area contributed by atoms with Crippen molar-refractivity contribution in [3.63, 3.8) is 0 Å². The Kier molecular flexibility index (Phi) is 2.66. The Hall–Kier alpha value is -0.800. The minimum absolute atomic E-state index is 0.127. The Balaban J connectivity index is 2.04. The quantitative estimate of drug-likeness (QED) is 0.682. The maximum absolute atomic E-state index is 5.83. The van der Waals surface area contributed by atoms with Gasteiger partial charge in [0.05, 0.1) is 13.2 Å². The van der Waals surface area contributed by atoms with E-state index in [-0.39, 0.29) is 6.10 Å². The molecule has 0 spiro atoms. The zero-order valence-electron chi connectivity index (χ0n) is 7.07. The van der Waals surface area contributed by atoms with E-state index in [1.165, 1.54) is 0 Å². The second kappa shape index (κ2) is 3.94. The third-order valence-corrected chi connectivity index (χ3v) is 2.19. The van der Waals surface area contributed by atoms with Crippen molar-refractivity contribution >= 4 is 11.6 Å². The average Bonchev–Trinajstić information content (AvgIpc) is 2.61. The lowest BCUT2D eigenvalue weighted by molar-refractivity contribution is 0.141. The Morgan fingerprint density at radius 3 is 3.23 bits per heavy atom. The van der Waals surface area contributed by atoms with Gasteiger partial charge in [-0.1, -0.05) is 11.6 Å². The van der Waals surface area contributed by atoms with Gasteiger partial charge in [-0.05, 0) is 12.1 Å². The van der Waals surface area contributed by atoms with Crippen LogP contribution in [0.15, 0.2) is 18.3 Å². The summed E-state index contributed by atoms with van der Waals surface area (Å²) in [4.78, 5) is 3.92. The second-order valence-corrected chi connectivity index (χ2v) is 3.25. The molecule has 3 nitrogen and oxygen atoms in total. The van der Waals surface area contributed by atoms with Crippen LogP contribution in [0.3, 0.4) is 0 Å². The van der Waals surface area contributed by atoms with E-state index in [1.807, 2.05) is 6.07 Å². The van der Waals surface area contributed by atoms with Gasteiger partial charge in [0.25, 0.3) is 0 Å². The smallest absolute Gasteiger partial charge is 0.171 e. The Morgan fingerprint density at radius 2 is 2.54 bits per heavy atom. The highest BCUT2D eigenvalue weighted by Crippen LogP contribution is 2.23. The third-order valence-electron chi connectivity index (χ3n) is 1.91. The molecule has 1 aliphatic rings. The number of aromatic nitrogens is 1. The van der Waals surface area contributed by atoms with Crippen molar-refractivity contribution in [2.24, 2.45) is 0 Å². The van der Waals surface area contributed by atoms with Crippen molar-refractivity contribution in [1.29, 1.82) is 0 Å². The van der Waals surface area contributed by atoms with Crippen molar-refractivity contribution in [3.8, 4) is 5.75 Å². The van der Waals surface area contributed by atoms with E-state index in [2.05, 4.69) is 4.98 Å². The van der Waals surface area contributed by atoms with Crippen molar-refractivity contribution in [2.45, 2.75) is 12.5 Å². The molecule has 70 valence electrons. The molecule has 1 atom stereocenters. The molecule has 1 saturated heterocycles. The zero-order chi connectivity index (χ0) is 9.10. The highest BCUT2D eigenvalue weighted by Gasteiger charge is 2.18. The maximum Gasteiger partial charge on any atom is 0.171 e. The molecule has 1 fully saturated rings. The van der Waals surface area contributed by atoms with Gasteiger partial charge in [-0.25, -0.2) is 4.98 Å². The van der Waals surface area contributed by atoms with Crippen LogP contribution in [-0.4, -0.2) is 24.3 Å². The first-order valence-electron chi connectivity index (χ1n) is 4.21. The van der Waals surface area contributed by atoms with E-state index >= 15 is 0 Å². The van der Waals surface area contributed by atoms with Gasteiger partial charge in [-0.15, -0.1) is 0 Å². The van der Waals surface area contributed by atoms with E-state index in [0.717, 1.165) is 13.0 Å². The lowest BCUT2D eigenvalue weighted by atomic mass is 10.3. The third kappa shape index (κ3) is 2.11. The highest BCUT2D eigenvalue weighted by molar-refractivity contribution is 6.30. The van der Waals surface area contributed by atoms with Crippen molar-refractivity contribution < 1.29 is 9.47 Å². The molecular formula is C9H10ClNO2. The number of nitrogens with zero attached hydrogens (tertiary/aromatic N) is 1. The van der Waals surface area contributed by atoms with Gasteiger partial charge >= 0.3 is 0 Å². The molecule has 1 aromatic heterocycles. The molecule has 2 rings (SSSR count). The predicted molar refractivity (Wildman–Crippen MR) is 49.1 cm³/mol. The molecule has 0 amide bonds. The average molecular weight is 200 g/mol. The first kappa shape index (κ1) is 8.78. The number of hydrogen-bond donors (Lipinski definition) is 0. The molecule has 2 heterocycles. The summed E-state index contributed by atoms with van der Waals surface area (Å²) in [6, 6.07) is 3.62. The normalized spacial score (nSPS) is 21.8. The zero-order valence-corrected chi connectivity index (χ0v) is 7.83. The van der Waals surface area contributed by atoms with E-state index in [4.69, 9.17) is 21.1 Å². The summed E-state index contributed by atoms with van der Waals surface area (Å²) in [7, 11) is 0. The monoisotopic (exact) mass is 199 g/mol. The van der Waals surface area contributed by atoms with Crippen molar-refractivity contribution in [3.05, 3.63) is 23.5 Å². The Morgan fingerprint density at radius 1 is 1.62 bits per heavy atom. The highest BCUT2D eigenvalue weighted by atomic mass is 35.5. The molecule has 0 unspecified atom stereocenters. The summed E-state index contributed by atoms with van der Waals surface area (Å²) in [5.74, 6) is 0.639. The molecule has 0 bridgehead atoms. The summed E-state index contributed by atoms with van der Waals surface area (Å²) in [5, 5.41) is 0.411. The fourth-order valence-electron chi connectivity index (χ4n) is 1.24. The SMILES string of the molecule is Clc1ncccc1O[C@H]1CCOC1.